The second-order valence-corrected chi connectivity index (χ2v) is 5.33. The zero-order valence-corrected chi connectivity index (χ0v) is 12.2. The molecule has 98 valence electrons. The van der Waals surface area contributed by atoms with Crippen LogP contribution in [0.15, 0.2) is 45.0 Å². The molecule has 0 unspecified atom stereocenters. The van der Waals surface area contributed by atoms with E-state index < -0.39 is 5.97 Å². The summed E-state index contributed by atoms with van der Waals surface area (Å²) in [5.74, 6) is -0.519. The van der Waals surface area contributed by atoms with E-state index in [1.807, 2.05) is 0 Å². The fourth-order valence-electron chi connectivity index (χ4n) is 1.33. The minimum absolute atomic E-state index is 0.202. The molecule has 19 heavy (non-hydrogen) atoms. The number of halogens is 1. The Bertz CT molecular complexity index is 622. The normalized spacial score (nSPS) is 10.2. The molecule has 0 aliphatic heterocycles. The third-order valence-electron chi connectivity index (χ3n) is 2.19. The molecule has 0 aliphatic carbocycles. The first-order valence-corrected chi connectivity index (χ1v) is 6.79. The van der Waals surface area contributed by atoms with Crippen LogP contribution < -0.4 is 4.74 Å². The van der Waals surface area contributed by atoms with E-state index in [0.29, 0.717) is 15.5 Å². The van der Waals surface area contributed by atoms with Crippen molar-refractivity contribution in [3.63, 3.8) is 0 Å². The molecule has 0 atom stereocenters. The van der Waals surface area contributed by atoms with Crippen LogP contribution in [0.1, 0.15) is 10.4 Å². The van der Waals surface area contributed by atoms with E-state index in [4.69, 9.17) is 9.84 Å². The lowest BCUT2D eigenvalue weighted by Crippen LogP contribution is -1.98. The number of carbonyl (C=O) groups is 1. The average Bonchev–Trinajstić information content (AvgIpc) is 2.41. The van der Waals surface area contributed by atoms with Crippen LogP contribution in [0.5, 0.6) is 5.88 Å². The van der Waals surface area contributed by atoms with Crippen LogP contribution in [0.25, 0.3) is 0 Å². The van der Waals surface area contributed by atoms with Crippen molar-refractivity contribution in [2.24, 2.45) is 0 Å². The fraction of sp³-hybridized carbons (Fsp3) is 0.0833. The maximum Gasteiger partial charge on any atom is 0.336 e. The van der Waals surface area contributed by atoms with Gasteiger partial charge in [0, 0.05) is 21.6 Å². The highest BCUT2D eigenvalue weighted by Crippen LogP contribution is 2.29. The van der Waals surface area contributed by atoms with Crippen LogP contribution >= 0.6 is 27.7 Å². The van der Waals surface area contributed by atoms with E-state index in [-0.39, 0.29) is 5.56 Å². The first-order chi connectivity index (χ1) is 9.10. The largest absolute Gasteiger partial charge is 0.481 e. The highest BCUT2D eigenvalue weighted by atomic mass is 79.9. The van der Waals surface area contributed by atoms with Gasteiger partial charge in [-0.3, -0.25) is 0 Å². The molecule has 0 spiro atoms. The molecule has 1 aromatic heterocycles. The van der Waals surface area contributed by atoms with Crippen LogP contribution in [-0.4, -0.2) is 28.2 Å². The van der Waals surface area contributed by atoms with Gasteiger partial charge in [0.15, 0.2) is 5.16 Å². The molecule has 2 rings (SSSR count). The number of carboxylic acid groups (broad SMARTS) is 1. The maximum absolute atomic E-state index is 11.0. The van der Waals surface area contributed by atoms with Gasteiger partial charge >= 0.3 is 5.97 Å². The van der Waals surface area contributed by atoms with Crippen molar-refractivity contribution in [2.75, 3.05) is 7.11 Å². The number of aromatic nitrogens is 2. The number of ether oxygens (including phenoxy) is 1. The van der Waals surface area contributed by atoms with Crippen molar-refractivity contribution in [1.29, 1.82) is 0 Å². The van der Waals surface area contributed by atoms with Crippen molar-refractivity contribution in [1.82, 2.24) is 9.97 Å². The summed E-state index contributed by atoms with van der Waals surface area (Å²) in [6.45, 7) is 0. The van der Waals surface area contributed by atoms with E-state index in [1.165, 1.54) is 18.9 Å². The van der Waals surface area contributed by atoms with Crippen molar-refractivity contribution in [3.8, 4) is 5.88 Å². The lowest BCUT2D eigenvalue weighted by molar-refractivity contribution is 0.0695. The number of hydrogen-bond acceptors (Lipinski definition) is 5. The number of hydrogen-bond donors (Lipinski definition) is 1. The van der Waals surface area contributed by atoms with E-state index >= 15 is 0 Å². The third kappa shape index (κ3) is 3.45. The SMILES string of the molecule is COc1ccnc(Sc2ccc(Br)c(C(=O)O)c2)n1. The van der Waals surface area contributed by atoms with E-state index in [0.717, 1.165) is 4.90 Å². The summed E-state index contributed by atoms with van der Waals surface area (Å²) in [6.07, 6.45) is 1.59. The van der Waals surface area contributed by atoms with Gasteiger partial charge in [0.25, 0.3) is 0 Å². The minimum Gasteiger partial charge on any atom is -0.481 e. The van der Waals surface area contributed by atoms with Crippen molar-refractivity contribution in [3.05, 3.63) is 40.5 Å². The van der Waals surface area contributed by atoms with Gasteiger partial charge in [-0.05, 0) is 45.9 Å². The third-order valence-corrected chi connectivity index (χ3v) is 3.75. The molecule has 0 saturated carbocycles. The van der Waals surface area contributed by atoms with Crippen LogP contribution in [0.2, 0.25) is 0 Å². The minimum atomic E-state index is -0.985. The fourth-order valence-corrected chi connectivity index (χ4v) is 2.51. The molecular weight excluding hydrogens is 332 g/mol. The number of nitrogens with zero attached hydrogens (tertiary/aromatic N) is 2. The zero-order chi connectivity index (χ0) is 13.8. The number of aromatic carboxylic acids is 1. The number of methoxy groups -OCH3 is 1. The molecule has 0 bridgehead atoms. The monoisotopic (exact) mass is 340 g/mol. The highest BCUT2D eigenvalue weighted by Gasteiger charge is 2.10. The molecule has 0 aliphatic rings. The number of rotatable bonds is 4. The summed E-state index contributed by atoms with van der Waals surface area (Å²) >= 11 is 4.47. The summed E-state index contributed by atoms with van der Waals surface area (Å²) in [6, 6.07) is 6.70. The summed E-state index contributed by atoms with van der Waals surface area (Å²) < 4.78 is 5.55. The van der Waals surface area contributed by atoms with Gasteiger partial charge in [-0.1, -0.05) is 0 Å². The van der Waals surface area contributed by atoms with E-state index in [9.17, 15) is 4.79 Å². The second-order valence-electron chi connectivity index (χ2n) is 3.43. The zero-order valence-electron chi connectivity index (χ0n) is 9.83. The Labute approximate surface area is 122 Å². The first-order valence-electron chi connectivity index (χ1n) is 5.18. The summed E-state index contributed by atoms with van der Waals surface area (Å²) in [7, 11) is 1.53. The Morgan fingerprint density at radius 1 is 1.42 bits per heavy atom. The topological polar surface area (TPSA) is 72.3 Å². The van der Waals surface area contributed by atoms with Crippen molar-refractivity contribution < 1.29 is 14.6 Å². The smallest absolute Gasteiger partial charge is 0.336 e. The maximum atomic E-state index is 11.0. The van der Waals surface area contributed by atoms with Gasteiger partial charge in [0.05, 0.1) is 12.7 Å². The lowest BCUT2D eigenvalue weighted by atomic mass is 10.2. The average molecular weight is 341 g/mol. The van der Waals surface area contributed by atoms with E-state index in [2.05, 4.69) is 25.9 Å². The number of benzene rings is 1. The predicted molar refractivity (Wildman–Crippen MR) is 73.8 cm³/mol. The molecule has 7 heteroatoms. The molecule has 0 fully saturated rings. The predicted octanol–water partition coefficient (Wildman–Crippen LogP) is 3.10. The molecule has 5 nitrogen and oxygen atoms in total. The van der Waals surface area contributed by atoms with Gasteiger partial charge in [-0.25, -0.2) is 9.78 Å². The number of carboxylic acids is 1. The second kappa shape index (κ2) is 6.03. The highest BCUT2D eigenvalue weighted by molar-refractivity contribution is 9.10. The Kier molecular flexibility index (Phi) is 4.39. The Morgan fingerprint density at radius 2 is 2.21 bits per heavy atom. The Hall–Kier alpha value is -1.60. The molecule has 1 N–H and O–H groups in total. The molecule has 2 aromatic rings. The van der Waals surface area contributed by atoms with Gasteiger partial charge in [0.1, 0.15) is 0 Å². The van der Waals surface area contributed by atoms with Crippen LogP contribution in [0.3, 0.4) is 0 Å². The summed E-state index contributed by atoms with van der Waals surface area (Å²) in [5.41, 5.74) is 0.202. The summed E-state index contributed by atoms with van der Waals surface area (Å²) in [5, 5.41) is 9.55. The van der Waals surface area contributed by atoms with Crippen molar-refractivity contribution >= 4 is 33.7 Å². The molecular formula is C12H9BrN2O3S. The molecule has 0 saturated heterocycles. The van der Waals surface area contributed by atoms with Gasteiger partial charge < -0.3 is 9.84 Å². The van der Waals surface area contributed by atoms with Crippen molar-refractivity contribution in [2.45, 2.75) is 10.1 Å². The lowest BCUT2D eigenvalue weighted by Gasteiger charge is -2.04. The Balaban J connectivity index is 2.28. The molecule has 0 radical (unpaired) electrons. The molecule has 1 aromatic carbocycles. The Morgan fingerprint density at radius 3 is 2.89 bits per heavy atom. The standard InChI is InChI=1S/C12H9BrN2O3S/c1-18-10-4-5-14-12(15-10)19-7-2-3-9(13)8(6-7)11(16)17/h2-6H,1H3,(H,16,17). The van der Waals surface area contributed by atoms with Crippen LogP contribution in [0, 0.1) is 0 Å². The van der Waals surface area contributed by atoms with Gasteiger partial charge in [-0.15, -0.1) is 0 Å². The molecule has 0 amide bonds. The van der Waals surface area contributed by atoms with Gasteiger partial charge in [0.2, 0.25) is 5.88 Å². The van der Waals surface area contributed by atoms with Gasteiger partial charge in [-0.2, -0.15) is 4.98 Å². The quantitative estimate of drug-likeness (QED) is 0.862. The van der Waals surface area contributed by atoms with Crippen LogP contribution in [-0.2, 0) is 0 Å². The molecule has 1 heterocycles. The van der Waals surface area contributed by atoms with E-state index in [1.54, 1.807) is 30.5 Å². The van der Waals surface area contributed by atoms with Crippen LogP contribution in [0.4, 0.5) is 0 Å². The first kappa shape index (κ1) is 13.8. The summed E-state index contributed by atoms with van der Waals surface area (Å²) in [4.78, 5) is 20.0.